The van der Waals surface area contributed by atoms with Gasteiger partial charge in [0.05, 0.1) is 11.1 Å². The summed E-state index contributed by atoms with van der Waals surface area (Å²) in [6.07, 6.45) is 6.03. The number of hydrogen-bond acceptors (Lipinski definition) is 5. The molecule has 2 aromatic heterocycles. The molecule has 2 N–H and O–H groups in total. The zero-order chi connectivity index (χ0) is 10.7. The van der Waals surface area contributed by atoms with E-state index in [0.29, 0.717) is 0 Å². The van der Waals surface area contributed by atoms with Gasteiger partial charge in [0.25, 0.3) is 0 Å². The highest BCUT2D eigenvalue weighted by molar-refractivity contribution is 9.10. The van der Waals surface area contributed by atoms with Crippen molar-refractivity contribution in [3.05, 3.63) is 39.6 Å². The van der Waals surface area contributed by atoms with Crippen LogP contribution >= 0.6 is 27.5 Å². The van der Waals surface area contributed by atoms with Crippen molar-refractivity contribution in [2.75, 3.05) is 0 Å². The fourth-order valence-electron chi connectivity index (χ4n) is 1.26. The molecule has 4 nitrogen and oxygen atoms in total. The quantitative estimate of drug-likeness (QED) is 0.936. The Morgan fingerprint density at radius 2 is 2.27 bits per heavy atom. The zero-order valence-electron chi connectivity index (χ0n) is 7.80. The summed E-state index contributed by atoms with van der Waals surface area (Å²) in [5.41, 5.74) is 7.11. The summed E-state index contributed by atoms with van der Waals surface area (Å²) in [6, 6.07) is 1.96. The molecule has 15 heavy (non-hydrogen) atoms. The van der Waals surface area contributed by atoms with Gasteiger partial charge in [0.15, 0.2) is 0 Å². The van der Waals surface area contributed by atoms with E-state index in [1.54, 1.807) is 12.4 Å². The van der Waals surface area contributed by atoms with Gasteiger partial charge in [-0.05, 0) is 45.5 Å². The first-order valence-corrected chi connectivity index (χ1v) is 5.94. The molecule has 78 valence electrons. The van der Waals surface area contributed by atoms with Crippen LogP contribution in [0.4, 0.5) is 0 Å². The van der Waals surface area contributed by atoms with Gasteiger partial charge >= 0.3 is 0 Å². The summed E-state index contributed by atoms with van der Waals surface area (Å²) in [6.45, 7) is 0. The molecule has 2 aromatic rings. The average molecular weight is 285 g/mol. The number of aromatic nitrogens is 3. The number of rotatable bonds is 3. The maximum atomic E-state index is 6.01. The predicted molar refractivity (Wildman–Crippen MR) is 62.5 cm³/mol. The van der Waals surface area contributed by atoms with Gasteiger partial charge in [0, 0.05) is 22.9 Å². The minimum Gasteiger partial charge on any atom is -0.323 e. The summed E-state index contributed by atoms with van der Waals surface area (Å²) in [4.78, 5) is 5.08. The lowest BCUT2D eigenvalue weighted by molar-refractivity contribution is 0.731. The molecule has 1 atom stereocenters. The van der Waals surface area contributed by atoms with E-state index in [9.17, 15) is 0 Å². The molecule has 6 heteroatoms. The van der Waals surface area contributed by atoms with Gasteiger partial charge in [-0.25, -0.2) is 0 Å². The lowest BCUT2D eigenvalue weighted by Crippen LogP contribution is -2.11. The molecule has 0 radical (unpaired) electrons. The topological polar surface area (TPSA) is 64.7 Å². The van der Waals surface area contributed by atoms with E-state index in [4.69, 9.17) is 5.73 Å². The van der Waals surface area contributed by atoms with Crippen molar-refractivity contribution in [2.45, 2.75) is 12.5 Å². The SMILES string of the molecule is NC(Cc1cncc(Br)c1)c1cnns1. The van der Waals surface area contributed by atoms with E-state index >= 15 is 0 Å². The van der Waals surface area contributed by atoms with Crippen LogP contribution in [0.2, 0.25) is 0 Å². The lowest BCUT2D eigenvalue weighted by atomic mass is 10.1. The number of pyridine rings is 1. The molecule has 1 unspecified atom stereocenters. The van der Waals surface area contributed by atoms with Crippen molar-refractivity contribution in [1.82, 2.24) is 14.6 Å². The van der Waals surface area contributed by atoms with E-state index in [1.165, 1.54) is 11.5 Å². The minimum absolute atomic E-state index is 0.0545. The van der Waals surface area contributed by atoms with Crippen LogP contribution in [0.3, 0.4) is 0 Å². The minimum atomic E-state index is -0.0545. The molecule has 0 saturated carbocycles. The Bertz CT molecular complexity index is 431. The average Bonchev–Trinajstić information content (AvgIpc) is 2.70. The number of halogens is 1. The van der Waals surface area contributed by atoms with E-state index < -0.39 is 0 Å². The van der Waals surface area contributed by atoms with Crippen LogP contribution in [0.15, 0.2) is 29.1 Å². The van der Waals surface area contributed by atoms with Crippen LogP contribution < -0.4 is 5.73 Å². The van der Waals surface area contributed by atoms with Crippen LogP contribution in [0.5, 0.6) is 0 Å². The highest BCUT2D eigenvalue weighted by atomic mass is 79.9. The maximum Gasteiger partial charge on any atom is 0.0669 e. The molecule has 2 rings (SSSR count). The Hall–Kier alpha value is -0.850. The van der Waals surface area contributed by atoms with Crippen LogP contribution in [0, 0.1) is 0 Å². The monoisotopic (exact) mass is 284 g/mol. The van der Waals surface area contributed by atoms with Gasteiger partial charge in [-0.15, -0.1) is 5.10 Å². The normalized spacial score (nSPS) is 12.7. The highest BCUT2D eigenvalue weighted by Crippen LogP contribution is 2.19. The second-order valence-corrected chi connectivity index (χ2v) is 4.87. The van der Waals surface area contributed by atoms with E-state index in [0.717, 1.165) is 21.3 Å². The standard InChI is InChI=1S/C9H9BrN4S/c10-7-1-6(3-12-4-7)2-8(11)9-5-13-14-15-9/h1,3-5,8H,2,11H2. The van der Waals surface area contributed by atoms with Crippen LogP contribution in [-0.2, 0) is 6.42 Å². The summed E-state index contributed by atoms with van der Waals surface area (Å²) in [5, 5.41) is 3.77. The first-order valence-electron chi connectivity index (χ1n) is 4.38. The summed E-state index contributed by atoms with van der Waals surface area (Å²) >= 11 is 4.71. The zero-order valence-corrected chi connectivity index (χ0v) is 10.2. The lowest BCUT2D eigenvalue weighted by Gasteiger charge is -2.07. The Morgan fingerprint density at radius 1 is 1.40 bits per heavy atom. The number of nitrogens with zero attached hydrogens (tertiary/aromatic N) is 3. The van der Waals surface area contributed by atoms with Crippen LogP contribution in [0.25, 0.3) is 0 Å². The van der Waals surface area contributed by atoms with Crippen molar-refractivity contribution < 1.29 is 0 Å². The molecule has 0 spiro atoms. The second kappa shape index (κ2) is 4.78. The smallest absolute Gasteiger partial charge is 0.0669 e. The van der Waals surface area contributed by atoms with E-state index in [2.05, 4.69) is 30.5 Å². The third kappa shape index (κ3) is 2.80. The highest BCUT2D eigenvalue weighted by Gasteiger charge is 2.09. The van der Waals surface area contributed by atoms with Crippen molar-refractivity contribution >= 4 is 27.5 Å². The summed E-state index contributed by atoms with van der Waals surface area (Å²) < 4.78 is 4.76. The van der Waals surface area contributed by atoms with E-state index in [-0.39, 0.29) is 6.04 Å². The third-order valence-corrected chi connectivity index (χ3v) is 3.19. The third-order valence-electron chi connectivity index (χ3n) is 1.96. The fraction of sp³-hybridized carbons (Fsp3) is 0.222. The van der Waals surface area contributed by atoms with Gasteiger partial charge in [-0.3, -0.25) is 4.98 Å². The van der Waals surface area contributed by atoms with Crippen molar-refractivity contribution in [2.24, 2.45) is 5.73 Å². The second-order valence-electron chi connectivity index (χ2n) is 3.14. The van der Waals surface area contributed by atoms with Gasteiger partial charge in [-0.2, -0.15) is 0 Å². The van der Waals surface area contributed by atoms with Gasteiger partial charge in [0.2, 0.25) is 0 Å². The largest absolute Gasteiger partial charge is 0.323 e. The Morgan fingerprint density at radius 3 is 2.93 bits per heavy atom. The Labute approximate surface area is 99.8 Å². The number of hydrogen-bond donors (Lipinski definition) is 1. The Kier molecular flexibility index (Phi) is 3.40. The van der Waals surface area contributed by atoms with Gasteiger partial charge < -0.3 is 5.73 Å². The molecule has 0 aliphatic heterocycles. The maximum absolute atomic E-state index is 6.01. The molecule has 0 aliphatic rings. The van der Waals surface area contributed by atoms with Crippen molar-refractivity contribution in [3.63, 3.8) is 0 Å². The first kappa shape index (κ1) is 10.7. The fourth-order valence-corrected chi connectivity index (χ4v) is 2.17. The van der Waals surface area contributed by atoms with Crippen molar-refractivity contribution in [1.29, 1.82) is 0 Å². The van der Waals surface area contributed by atoms with Crippen molar-refractivity contribution in [3.8, 4) is 0 Å². The van der Waals surface area contributed by atoms with E-state index in [1.807, 2.05) is 12.3 Å². The molecular weight excluding hydrogens is 276 g/mol. The molecule has 0 bridgehead atoms. The molecular formula is C9H9BrN4S. The predicted octanol–water partition coefficient (Wildman–Crippen LogP) is 1.94. The van der Waals surface area contributed by atoms with Crippen LogP contribution in [-0.4, -0.2) is 14.6 Å². The van der Waals surface area contributed by atoms with Crippen LogP contribution in [0.1, 0.15) is 16.5 Å². The first-order chi connectivity index (χ1) is 7.25. The Balaban J connectivity index is 2.09. The molecule has 0 aromatic carbocycles. The van der Waals surface area contributed by atoms with Gasteiger partial charge in [-0.1, -0.05) is 4.49 Å². The molecule has 0 fully saturated rings. The number of nitrogens with two attached hydrogens (primary N) is 1. The molecule has 0 aliphatic carbocycles. The summed E-state index contributed by atoms with van der Waals surface area (Å²) in [5.74, 6) is 0. The molecule has 2 heterocycles. The summed E-state index contributed by atoms with van der Waals surface area (Å²) in [7, 11) is 0. The molecule has 0 amide bonds. The van der Waals surface area contributed by atoms with Gasteiger partial charge in [0.1, 0.15) is 0 Å². The molecule has 0 saturated heterocycles.